The number of aryl methyl sites for hydroxylation is 1. The zero-order valence-corrected chi connectivity index (χ0v) is 13.6. The Morgan fingerprint density at radius 2 is 2.00 bits per heavy atom. The highest BCUT2D eigenvalue weighted by Gasteiger charge is 2.13. The molecule has 2 aromatic rings. The van der Waals surface area contributed by atoms with Crippen LogP contribution in [0.15, 0.2) is 24.9 Å². The lowest BCUT2D eigenvalue weighted by molar-refractivity contribution is 0.371. The van der Waals surface area contributed by atoms with E-state index in [2.05, 4.69) is 50.4 Å². The number of aromatic nitrogens is 2. The van der Waals surface area contributed by atoms with Crippen molar-refractivity contribution in [2.45, 2.75) is 46.6 Å². The number of nitrogens with zero attached hydrogens (tertiary/aromatic N) is 2. The van der Waals surface area contributed by atoms with Gasteiger partial charge in [0, 0.05) is 23.7 Å². The van der Waals surface area contributed by atoms with Gasteiger partial charge < -0.3 is 4.74 Å². The fourth-order valence-corrected chi connectivity index (χ4v) is 2.86. The molecule has 1 aromatic carbocycles. The first kappa shape index (κ1) is 15.6. The van der Waals surface area contributed by atoms with Crippen LogP contribution in [0.25, 0.3) is 16.7 Å². The Kier molecular flexibility index (Phi) is 5.05. The molecular formula is C18H26N2O. The summed E-state index contributed by atoms with van der Waals surface area (Å²) in [5.41, 5.74) is 3.43. The molecule has 3 nitrogen and oxygen atoms in total. The van der Waals surface area contributed by atoms with Gasteiger partial charge in [-0.3, -0.25) is 4.68 Å². The van der Waals surface area contributed by atoms with Gasteiger partial charge in [0.1, 0.15) is 5.76 Å². The highest BCUT2D eigenvalue weighted by molar-refractivity contribution is 5.86. The summed E-state index contributed by atoms with van der Waals surface area (Å²) in [4.78, 5) is 0. The number of rotatable bonds is 7. The van der Waals surface area contributed by atoms with Gasteiger partial charge in [-0.15, -0.1) is 0 Å². The summed E-state index contributed by atoms with van der Waals surface area (Å²) in [6, 6.07) is 4.14. The Balaban J connectivity index is 2.45. The predicted octanol–water partition coefficient (Wildman–Crippen LogP) is 4.65. The molecule has 0 amide bonds. The lowest BCUT2D eigenvalue weighted by Gasteiger charge is -2.11. The second-order valence-electron chi connectivity index (χ2n) is 5.54. The number of hydrogen-bond donors (Lipinski definition) is 0. The van der Waals surface area contributed by atoms with Crippen molar-refractivity contribution in [1.82, 2.24) is 9.78 Å². The van der Waals surface area contributed by atoms with E-state index in [1.54, 1.807) is 7.11 Å². The van der Waals surface area contributed by atoms with Crippen molar-refractivity contribution in [2.24, 2.45) is 5.92 Å². The second-order valence-corrected chi connectivity index (χ2v) is 5.54. The summed E-state index contributed by atoms with van der Waals surface area (Å²) in [6.07, 6.45) is 5.52. The van der Waals surface area contributed by atoms with Crippen LogP contribution in [0, 0.1) is 5.92 Å². The number of hydrogen-bond acceptors (Lipinski definition) is 2. The maximum Gasteiger partial charge on any atom is 0.119 e. The molecular weight excluding hydrogens is 260 g/mol. The molecule has 0 saturated carbocycles. The highest BCUT2D eigenvalue weighted by Crippen LogP contribution is 2.27. The van der Waals surface area contributed by atoms with Gasteiger partial charge in [0.25, 0.3) is 0 Å². The molecule has 0 radical (unpaired) electrons. The van der Waals surface area contributed by atoms with Crippen molar-refractivity contribution < 1.29 is 4.74 Å². The summed E-state index contributed by atoms with van der Waals surface area (Å²) >= 11 is 0. The van der Waals surface area contributed by atoms with Crippen LogP contribution in [0.3, 0.4) is 0 Å². The summed E-state index contributed by atoms with van der Waals surface area (Å²) in [7, 11) is 1.67. The smallest absolute Gasteiger partial charge is 0.119 e. The normalized spacial score (nSPS) is 11.3. The van der Waals surface area contributed by atoms with E-state index < -0.39 is 0 Å². The Morgan fingerprint density at radius 1 is 1.29 bits per heavy atom. The van der Waals surface area contributed by atoms with Gasteiger partial charge in [-0.1, -0.05) is 40.2 Å². The van der Waals surface area contributed by atoms with E-state index in [0.29, 0.717) is 5.92 Å². The Morgan fingerprint density at radius 3 is 2.57 bits per heavy atom. The van der Waals surface area contributed by atoms with Gasteiger partial charge in [-0.25, -0.2) is 0 Å². The van der Waals surface area contributed by atoms with Crippen LogP contribution in [-0.4, -0.2) is 16.9 Å². The third kappa shape index (κ3) is 3.12. The van der Waals surface area contributed by atoms with Crippen LogP contribution in [0.5, 0.6) is 0 Å². The molecule has 0 N–H and O–H groups in total. The van der Waals surface area contributed by atoms with E-state index in [1.165, 1.54) is 23.8 Å². The molecule has 3 heteroatoms. The van der Waals surface area contributed by atoms with Crippen LogP contribution >= 0.6 is 0 Å². The quantitative estimate of drug-likeness (QED) is 0.693. The molecule has 0 atom stereocenters. The predicted molar refractivity (Wildman–Crippen MR) is 89.2 cm³/mol. The molecule has 0 unspecified atom stereocenters. The number of ether oxygens (including phenoxy) is 1. The van der Waals surface area contributed by atoms with Crippen molar-refractivity contribution in [3.8, 4) is 0 Å². The largest absolute Gasteiger partial charge is 0.497 e. The van der Waals surface area contributed by atoms with Crippen molar-refractivity contribution in [3.05, 3.63) is 36.0 Å². The van der Waals surface area contributed by atoms with E-state index in [1.807, 2.05) is 0 Å². The molecule has 0 bridgehead atoms. The lowest BCUT2D eigenvalue weighted by atomic mass is 10.00. The maximum atomic E-state index is 5.31. The first-order valence-electron chi connectivity index (χ1n) is 7.86. The standard InChI is InChI=1S/C18H26N2O/c1-6-14(7-2)11-20-12-17-15(8-3)16(13(4)21-5)9-10-18(17)19-20/h9-10,12,14H,4,6-8,11H2,1-3,5H3. The topological polar surface area (TPSA) is 27.1 Å². The summed E-state index contributed by atoms with van der Waals surface area (Å²) < 4.78 is 7.41. The maximum absolute atomic E-state index is 5.31. The molecule has 0 aliphatic rings. The van der Waals surface area contributed by atoms with Gasteiger partial charge in [-0.2, -0.15) is 5.10 Å². The molecule has 0 saturated heterocycles. The summed E-state index contributed by atoms with van der Waals surface area (Å²) in [5.74, 6) is 1.42. The Bertz CT molecular complexity index is 623. The minimum Gasteiger partial charge on any atom is -0.497 e. The number of fused-ring (bicyclic) bond motifs is 1. The van der Waals surface area contributed by atoms with Crippen molar-refractivity contribution in [2.75, 3.05) is 7.11 Å². The molecule has 21 heavy (non-hydrogen) atoms. The third-order valence-corrected chi connectivity index (χ3v) is 4.35. The fraction of sp³-hybridized carbons (Fsp3) is 0.500. The summed E-state index contributed by atoms with van der Waals surface area (Å²) in [5, 5.41) is 5.95. The minimum absolute atomic E-state index is 0.692. The van der Waals surface area contributed by atoms with Crippen molar-refractivity contribution in [1.29, 1.82) is 0 Å². The van der Waals surface area contributed by atoms with Crippen molar-refractivity contribution >= 4 is 16.7 Å². The van der Waals surface area contributed by atoms with Gasteiger partial charge in [0.15, 0.2) is 0 Å². The molecule has 0 spiro atoms. The van der Waals surface area contributed by atoms with E-state index in [-0.39, 0.29) is 0 Å². The first-order chi connectivity index (χ1) is 10.1. The number of benzene rings is 1. The number of methoxy groups -OCH3 is 1. The second kappa shape index (κ2) is 6.79. The third-order valence-electron chi connectivity index (χ3n) is 4.35. The molecule has 1 heterocycles. The minimum atomic E-state index is 0.692. The van der Waals surface area contributed by atoms with E-state index in [4.69, 9.17) is 9.84 Å². The fourth-order valence-electron chi connectivity index (χ4n) is 2.86. The molecule has 0 aliphatic heterocycles. The lowest BCUT2D eigenvalue weighted by Crippen LogP contribution is -2.09. The SMILES string of the molecule is C=C(OC)c1ccc2nn(CC(CC)CC)cc2c1CC. The van der Waals surface area contributed by atoms with E-state index >= 15 is 0 Å². The zero-order chi connectivity index (χ0) is 15.4. The van der Waals surface area contributed by atoms with Gasteiger partial charge >= 0.3 is 0 Å². The van der Waals surface area contributed by atoms with E-state index in [0.717, 1.165) is 29.8 Å². The molecule has 0 fully saturated rings. The highest BCUT2D eigenvalue weighted by atomic mass is 16.5. The Labute approximate surface area is 127 Å². The molecule has 114 valence electrons. The van der Waals surface area contributed by atoms with Crippen LogP contribution in [0.4, 0.5) is 0 Å². The Hall–Kier alpha value is -1.77. The van der Waals surface area contributed by atoms with Gasteiger partial charge in [0.2, 0.25) is 0 Å². The monoisotopic (exact) mass is 286 g/mol. The first-order valence-corrected chi connectivity index (χ1v) is 7.86. The summed E-state index contributed by atoms with van der Waals surface area (Å²) in [6.45, 7) is 11.6. The molecule has 1 aromatic heterocycles. The average molecular weight is 286 g/mol. The van der Waals surface area contributed by atoms with Crippen LogP contribution in [-0.2, 0) is 17.7 Å². The van der Waals surface area contributed by atoms with Crippen molar-refractivity contribution in [3.63, 3.8) is 0 Å². The van der Waals surface area contributed by atoms with Crippen LogP contribution in [0.2, 0.25) is 0 Å². The molecule has 0 aliphatic carbocycles. The van der Waals surface area contributed by atoms with Crippen LogP contribution < -0.4 is 0 Å². The molecule has 2 rings (SSSR count). The van der Waals surface area contributed by atoms with E-state index in [9.17, 15) is 0 Å². The van der Waals surface area contributed by atoms with Gasteiger partial charge in [0.05, 0.1) is 12.6 Å². The zero-order valence-electron chi connectivity index (χ0n) is 13.6. The van der Waals surface area contributed by atoms with Gasteiger partial charge in [-0.05, 0) is 30.0 Å². The average Bonchev–Trinajstić information content (AvgIpc) is 2.93. The van der Waals surface area contributed by atoms with Crippen LogP contribution in [0.1, 0.15) is 44.7 Å².